The predicted molar refractivity (Wildman–Crippen MR) is 89.3 cm³/mol. The van der Waals surface area contributed by atoms with Crippen molar-refractivity contribution >= 4 is 17.6 Å². The Bertz CT molecular complexity index is 501. The fourth-order valence-electron chi connectivity index (χ4n) is 3.32. The molecule has 0 saturated carbocycles. The van der Waals surface area contributed by atoms with Gasteiger partial charge in [0.1, 0.15) is 0 Å². The zero-order valence-corrected chi connectivity index (χ0v) is 14.1. The Labute approximate surface area is 137 Å². The Balaban J connectivity index is 1.94. The third-order valence-corrected chi connectivity index (χ3v) is 5.01. The van der Waals surface area contributed by atoms with Gasteiger partial charge in [0.15, 0.2) is 0 Å². The molecule has 1 atom stereocenters. The predicted octanol–water partition coefficient (Wildman–Crippen LogP) is 3.27. The van der Waals surface area contributed by atoms with Gasteiger partial charge >= 0.3 is 5.97 Å². The van der Waals surface area contributed by atoms with E-state index in [-0.39, 0.29) is 6.54 Å². The van der Waals surface area contributed by atoms with E-state index in [0.717, 1.165) is 37.5 Å². The smallest absolute Gasteiger partial charge is 0.317 e. The van der Waals surface area contributed by atoms with Crippen LogP contribution in [0, 0.1) is 0 Å². The molecule has 1 heterocycles. The maximum Gasteiger partial charge on any atom is 0.317 e. The standard InChI is InChI=1S/C17H25ClN2O2/c1-3-19(12-17(21)22)14-8-10-20(11-9-14)13(2)15-6-4-5-7-16(15)18/h4-7,13-14H,3,8-12H2,1-2H3,(H,21,22). The van der Waals surface area contributed by atoms with Crippen molar-refractivity contribution in [2.75, 3.05) is 26.2 Å². The molecule has 2 rings (SSSR count). The minimum Gasteiger partial charge on any atom is -0.480 e. The Hall–Kier alpha value is -1.10. The first-order chi connectivity index (χ1) is 10.5. The van der Waals surface area contributed by atoms with Crippen LogP contribution in [0.25, 0.3) is 0 Å². The molecule has 4 nitrogen and oxygen atoms in total. The van der Waals surface area contributed by atoms with Gasteiger partial charge in [-0.05, 0) is 37.9 Å². The number of likely N-dealkylation sites (N-methyl/N-ethyl adjacent to an activating group) is 1. The van der Waals surface area contributed by atoms with Crippen LogP contribution in [0.4, 0.5) is 0 Å². The lowest BCUT2D eigenvalue weighted by atomic mass is 9.99. The highest BCUT2D eigenvalue weighted by Crippen LogP contribution is 2.30. The van der Waals surface area contributed by atoms with E-state index >= 15 is 0 Å². The molecule has 0 radical (unpaired) electrons. The Morgan fingerprint density at radius 2 is 2.05 bits per heavy atom. The van der Waals surface area contributed by atoms with Crippen molar-refractivity contribution in [3.05, 3.63) is 34.9 Å². The van der Waals surface area contributed by atoms with Crippen molar-refractivity contribution < 1.29 is 9.90 Å². The topological polar surface area (TPSA) is 43.8 Å². The first-order valence-corrected chi connectivity index (χ1v) is 8.35. The van der Waals surface area contributed by atoms with Crippen LogP contribution in [0.3, 0.4) is 0 Å². The van der Waals surface area contributed by atoms with E-state index in [4.69, 9.17) is 16.7 Å². The minimum absolute atomic E-state index is 0.140. The van der Waals surface area contributed by atoms with Gasteiger partial charge in [0.05, 0.1) is 6.54 Å². The highest BCUT2D eigenvalue weighted by atomic mass is 35.5. The molecule has 122 valence electrons. The second kappa shape index (κ2) is 7.95. The monoisotopic (exact) mass is 324 g/mol. The zero-order valence-electron chi connectivity index (χ0n) is 13.3. The Morgan fingerprint density at radius 3 is 2.59 bits per heavy atom. The van der Waals surface area contributed by atoms with Crippen LogP contribution in [0.15, 0.2) is 24.3 Å². The molecule has 0 bridgehead atoms. The molecular formula is C17H25ClN2O2. The number of hydrogen-bond acceptors (Lipinski definition) is 3. The molecule has 1 aromatic carbocycles. The van der Waals surface area contributed by atoms with Crippen molar-refractivity contribution in [1.82, 2.24) is 9.80 Å². The van der Waals surface area contributed by atoms with Crippen molar-refractivity contribution in [3.8, 4) is 0 Å². The SMILES string of the molecule is CCN(CC(=O)O)C1CCN(C(C)c2ccccc2Cl)CC1. The lowest BCUT2D eigenvalue weighted by molar-refractivity contribution is -0.139. The quantitative estimate of drug-likeness (QED) is 0.872. The van der Waals surface area contributed by atoms with Crippen molar-refractivity contribution in [1.29, 1.82) is 0 Å². The molecule has 1 saturated heterocycles. The molecule has 1 aliphatic rings. The molecular weight excluding hydrogens is 300 g/mol. The summed E-state index contributed by atoms with van der Waals surface area (Å²) in [5.41, 5.74) is 1.17. The van der Waals surface area contributed by atoms with E-state index in [1.165, 1.54) is 5.56 Å². The number of likely N-dealkylation sites (tertiary alicyclic amines) is 1. The molecule has 1 aliphatic heterocycles. The average molecular weight is 325 g/mol. The molecule has 1 N–H and O–H groups in total. The number of carbonyl (C=O) groups is 1. The molecule has 0 aromatic heterocycles. The van der Waals surface area contributed by atoms with Gasteiger partial charge in [-0.2, -0.15) is 0 Å². The molecule has 0 amide bonds. The third kappa shape index (κ3) is 4.22. The summed E-state index contributed by atoms with van der Waals surface area (Å²) in [4.78, 5) is 15.4. The molecule has 0 aliphatic carbocycles. The summed E-state index contributed by atoms with van der Waals surface area (Å²) in [7, 11) is 0. The minimum atomic E-state index is -0.742. The molecule has 1 fully saturated rings. The largest absolute Gasteiger partial charge is 0.480 e. The summed E-state index contributed by atoms with van der Waals surface area (Å²) in [6.45, 7) is 7.11. The molecule has 22 heavy (non-hydrogen) atoms. The van der Waals surface area contributed by atoms with Gasteiger partial charge in [-0.25, -0.2) is 0 Å². The van der Waals surface area contributed by atoms with Crippen LogP contribution in [0.2, 0.25) is 5.02 Å². The molecule has 1 unspecified atom stereocenters. The fourth-order valence-corrected chi connectivity index (χ4v) is 3.62. The summed E-state index contributed by atoms with van der Waals surface area (Å²) in [5.74, 6) is -0.742. The zero-order chi connectivity index (χ0) is 16.1. The van der Waals surface area contributed by atoms with E-state index in [1.807, 2.05) is 25.1 Å². The third-order valence-electron chi connectivity index (χ3n) is 4.66. The fraction of sp³-hybridized carbons (Fsp3) is 0.588. The summed E-state index contributed by atoms with van der Waals surface area (Å²) in [5, 5.41) is 9.82. The van der Waals surface area contributed by atoms with Gasteiger partial charge in [0.2, 0.25) is 0 Å². The van der Waals surface area contributed by atoms with Gasteiger partial charge in [0.25, 0.3) is 0 Å². The maximum atomic E-state index is 10.9. The first-order valence-electron chi connectivity index (χ1n) is 7.97. The number of piperidine rings is 1. The van der Waals surface area contributed by atoms with Gasteiger partial charge in [-0.3, -0.25) is 14.6 Å². The number of aliphatic carboxylic acids is 1. The van der Waals surface area contributed by atoms with Gasteiger partial charge in [-0.1, -0.05) is 36.7 Å². The second-order valence-corrected chi connectivity index (χ2v) is 6.33. The maximum absolute atomic E-state index is 10.9. The number of carboxylic acids is 1. The van der Waals surface area contributed by atoms with Crippen molar-refractivity contribution in [2.45, 2.75) is 38.8 Å². The first kappa shape index (κ1) is 17.3. The Kier molecular flexibility index (Phi) is 6.24. The summed E-state index contributed by atoms with van der Waals surface area (Å²) < 4.78 is 0. The number of hydrogen-bond donors (Lipinski definition) is 1. The van der Waals surface area contributed by atoms with Crippen LogP contribution in [0.1, 0.15) is 38.3 Å². The van der Waals surface area contributed by atoms with E-state index < -0.39 is 5.97 Å². The van der Waals surface area contributed by atoms with Gasteiger partial charge in [0, 0.05) is 30.2 Å². The number of carboxylic acid groups (broad SMARTS) is 1. The highest BCUT2D eigenvalue weighted by molar-refractivity contribution is 6.31. The summed E-state index contributed by atoms with van der Waals surface area (Å²) in [6.07, 6.45) is 2.02. The average Bonchev–Trinajstić information content (AvgIpc) is 2.52. The Morgan fingerprint density at radius 1 is 1.41 bits per heavy atom. The number of nitrogens with zero attached hydrogens (tertiary/aromatic N) is 2. The van der Waals surface area contributed by atoms with Crippen LogP contribution in [0.5, 0.6) is 0 Å². The van der Waals surface area contributed by atoms with Crippen molar-refractivity contribution in [2.24, 2.45) is 0 Å². The number of rotatable bonds is 6. The van der Waals surface area contributed by atoms with Crippen LogP contribution >= 0.6 is 11.6 Å². The van der Waals surface area contributed by atoms with Crippen LogP contribution < -0.4 is 0 Å². The summed E-state index contributed by atoms with van der Waals surface area (Å²) >= 11 is 6.30. The van der Waals surface area contributed by atoms with E-state index in [9.17, 15) is 4.79 Å². The van der Waals surface area contributed by atoms with E-state index in [2.05, 4.69) is 22.8 Å². The van der Waals surface area contributed by atoms with Crippen LogP contribution in [-0.2, 0) is 4.79 Å². The van der Waals surface area contributed by atoms with Crippen molar-refractivity contribution in [3.63, 3.8) is 0 Å². The van der Waals surface area contributed by atoms with E-state index in [0.29, 0.717) is 12.1 Å². The normalized spacial score (nSPS) is 18.5. The summed E-state index contributed by atoms with van der Waals surface area (Å²) in [6, 6.07) is 8.67. The number of benzene rings is 1. The van der Waals surface area contributed by atoms with E-state index in [1.54, 1.807) is 0 Å². The second-order valence-electron chi connectivity index (χ2n) is 5.92. The molecule has 5 heteroatoms. The number of halogens is 1. The van der Waals surface area contributed by atoms with Gasteiger partial charge < -0.3 is 5.11 Å². The lowest BCUT2D eigenvalue weighted by Crippen LogP contribution is -2.47. The van der Waals surface area contributed by atoms with Gasteiger partial charge in [-0.15, -0.1) is 0 Å². The van der Waals surface area contributed by atoms with Crippen LogP contribution in [-0.4, -0.2) is 53.1 Å². The highest BCUT2D eigenvalue weighted by Gasteiger charge is 2.28. The lowest BCUT2D eigenvalue weighted by Gasteiger charge is -2.40. The molecule has 0 spiro atoms. The molecule has 1 aromatic rings.